The summed E-state index contributed by atoms with van der Waals surface area (Å²) < 4.78 is 34.0. The van der Waals surface area contributed by atoms with Crippen LogP contribution in [-0.2, 0) is 14.9 Å². The zero-order chi connectivity index (χ0) is 16.1. The standard InChI is InChI=1S/C14H31N3O3S/c1-6-8-15-9-7-10-16(5)21(18,19)17-11-13(2)20-14(3,4)12-17/h13,15H,6-12H2,1-5H3. The minimum atomic E-state index is -3.40. The van der Waals surface area contributed by atoms with Gasteiger partial charge in [-0.1, -0.05) is 6.92 Å². The molecule has 0 spiro atoms. The molecule has 126 valence electrons. The van der Waals surface area contributed by atoms with Crippen LogP contribution in [0.3, 0.4) is 0 Å². The van der Waals surface area contributed by atoms with Crippen LogP contribution in [0.5, 0.6) is 0 Å². The van der Waals surface area contributed by atoms with Gasteiger partial charge >= 0.3 is 0 Å². The highest BCUT2D eigenvalue weighted by atomic mass is 32.2. The molecule has 0 saturated carbocycles. The van der Waals surface area contributed by atoms with Crippen LogP contribution in [0, 0.1) is 0 Å². The van der Waals surface area contributed by atoms with E-state index in [0.717, 1.165) is 25.9 Å². The van der Waals surface area contributed by atoms with Gasteiger partial charge < -0.3 is 10.1 Å². The highest BCUT2D eigenvalue weighted by Gasteiger charge is 2.38. The van der Waals surface area contributed by atoms with Gasteiger partial charge in [0.15, 0.2) is 0 Å². The van der Waals surface area contributed by atoms with Crippen molar-refractivity contribution in [3.63, 3.8) is 0 Å². The molecule has 1 fully saturated rings. The molecule has 1 unspecified atom stereocenters. The number of ether oxygens (including phenoxy) is 1. The summed E-state index contributed by atoms with van der Waals surface area (Å²) in [5.41, 5.74) is -0.436. The van der Waals surface area contributed by atoms with Crippen LogP contribution in [0.25, 0.3) is 0 Å². The first kappa shape index (κ1) is 18.8. The minimum Gasteiger partial charge on any atom is -0.370 e. The van der Waals surface area contributed by atoms with E-state index in [1.54, 1.807) is 11.4 Å². The second-order valence-electron chi connectivity index (χ2n) is 6.41. The zero-order valence-corrected chi connectivity index (χ0v) is 14.9. The fraction of sp³-hybridized carbons (Fsp3) is 1.00. The van der Waals surface area contributed by atoms with Crippen molar-refractivity contribution in [2.45, 2.75) is 52.2 Å². The molecule has 1 N–H and O–H groups in total. The number of hydrogen-bond donors (Lipinski definition) is 1. The number of morpholine rings is 1. The maximum absolute atomic E-state index is 12.6. The van der Waals surface area contributed by atoms with Crippen molar-refractivity contribution in [1.29, 1.82) is 0 Å². The maximum atomic E-state index is 12.6. The van der Waals surface area contributed by atoms with Crippen molar-refractivity contribution in [1.82, 2.24) is 13.9 Å². The third-order valence-electron chi connectivity index (χ3n) is 3.51. The number of hydrogen-bond acceptors (Lipinski definition) is 4. The molecular weight excluding hydrogens is 290 g/mol. The summed E-state index contributed by atoms with van der Waals surface area (Å²) in [6.45, 7) is 11.1. The van der Waals surface area contributed by atoms with Crippen LogP contribution < -0.4 is 5.32 Å². The van der Waals surface area contributed by atoms with Gasteiger partial charge in [0.1, 0.15) is 0 Å². The lowest BCUT2D eigenvalue weighted by Crippen LogP contribution is -2.56. The van der Waals surface area contributed by atoms with E-state index in [9.17, 15) is 8.42 Å². The Balaban J connectivity index is 2.54. The minimum absolute atomic E-state index is 0.0804. The highest BCUT2D eigenvalue weighted by Crippen LogP contribution is 2.23. The Kier molecular flexibility index (Phi) is 7.06. The molecule has 0 amide bonds. The molecule has 1 saturated heterocycles. The van der Waals surface area contributed by atoms with Gasteiger partial charge in [0.25, 0.3) is 10.2 Å². The lowest BCUT2D eigenvalue weighted by molar-refractivity contribution is -0.110. The third kappa shape index (κ3) is 5.83. The first-order valence-corrected chi connectivity index (χ1v) is 9.18. The van der Waals surface area contributed by atoms with Crippen LogP contribution in [0.15, 0.2) is 0 Å². The van der Waals surface area contributed by atoms with Crippen LogP contribution >= 0.6 is 0 Å². The Morgan fingerprint density at radius 3 is 2.62 bits per heavy atom. The van der Waals surface area contributed by atoms with Crippen molar-refractivity contribution in [3.05, 3.63) is 0 Å². The van der Waals surface area contributed by atoms with Crippen LogP contribution in [0.1, 0.15) is 40.5 Å². The Bertz CT molecular complexity index is 412. The lowest BCUT2D eigenvalue weighted by atomic mass is 10.1. The normalized spacial score (nSPS) is 23.6. The molecule has 1 heterocycles. The van der Waals surface area contributed by atoms with Gasteiger partial charge in [0, 0.05) is 26.7 Å². The summed E-state index contributed by atoms with van der Waals surface area (Å²) in [5.74, 6) is 0. The zero-order valence-electron chi connectivity index (χ0n) is 14.1. The third-order valence-corrected chi connectivity index (χ3v) is 5.41. The smallest absolute Gasteiger partial charge is 0.281 e. The monoisotopic (exact) mass is 321 g/mol. The summed E-state index contributed by atoms with van der Waals surface area (Å²) in [6, 6.07) is 0. The fourth-order valence-corrected chi connectivity index (χ4v) is 4.24. The largest absolute Gasteiger partial charge is 0.370 e. The number of rotatable bonds is 8. The first-order chi connectivity index (χ1) is 9.69. The van der Waals surface area contributed by atoms with Crippen molar-refractivity contribution in [3.8, 4) is 0 Å². The molecule has 1 aliphatic heterocycles. The van der Waals surface area contributed by atoms with Crippen molar-refractivity contribution in [2.24, 2.45) is 0 Å². The Labute approximate surface area is 130 Å². The number of nitrogens with zero attached hydrogens (tertiary/aromatic N) is 2. The van der Waals surface area contributed by atoms with Crippen molar-refractivity contribution in [2.75, 3.05) is 39.8 Å². The molecule has 0 aromatic rings. The molecule has 1 rings (SSSR count). The van der Waals surface area contributed by atoms with Crippen LogP contribution in [0.4, 0.5) is 0 Å². The van der Waals surface area contributed by atoms with Crippen LogP contribution in [0.2, 0.25) is 0 Å². The molecule has 1 atom stereocenters. The molecular formula is C14H31N3O3S. The molecule has 1 aliphatic rings. The maximum Gasteiger partial charge on any atom is 0.281 e. The summed E-state index contributed by atoms with van der Waals surface area (Å²) in [7, 11) is -1.74. The van der Waals surface area contributed by atoms with Crippen molar-refractivity contribution >= 4 is 10.2 Å². The van der Waals surface area contributed by atoms with E-state index in [1.165, 1.54) is 4.31 Å². The molecule has 0 aromatic carbocycles. The molecule has 0 aliphatic carbocycles. The van der Waals surface area contributed by atoms with Gasteiger partial charge in [-0.3, -0.25) is 0 Å². The lowest BCUT2D eigenvalue weighted by Gasteiger charge is -2.42. The predicted octanol–water partition coefficient (Wildman–Crippen LogP) is 1.05. The highest BCUT2D eigenvalue weighted by molar-refractivity contribution is 7.86. The molecule has 6 nitrogen and oxygen atoms in total. The van der Waals surface area contributed by atoms with Crippen molar-refractivity contribution < 1.29 is 13.2 Å². The average molecular weight is 321 g/mol. The van der Waals surface area contributed by atoms with E-state index < -0.39 is 15.8 Å². The molecule has 7 heteroatoms. The average Bonchev–Trinajstić information content (AvgIpc) is 2.35. The topological polar surface area (TPSA) is 61.9 Å². The van der Waals surface area contributed by atoms with E-state index in [0.29, 0.717) is 19.6 Å². The van der Waals surface area contributed by atoms with E-state index >= 15 is 0 Å². The van der Waals surface area contributed by atoms with E-state index in [-0.39, 0.29) is 6.10 Å². The summed E-state index contributed by atoms with van der Waals surface area (Å²) in [5, 5.41) is 3.29. The Morgan fingerprint density at radius 1 is 1.38 bits per heavy atom. The molecule has 0 aromatic heterocycles. The van der Waals surface area contributed by atoms with E-state index in [4.69, 9.17) is 4.74 Å². The van der Waals surface area contributed by atoms with Gasteiger partial charge in [0.2, 0.25) is 0 Å². The first-order valence-electron chi connectivity index (χ1n) is 7.79. The van der Waals surface area contributed by atoms with Gasteiger partial charge in [0.05, 0.1) is 11.7 Å². The number of nitrogens with one attached hydrogen (secondary N) is 1. The van der Waals surface area contributed by atoms with Gasteiger partial charge in [-0.05, 0) is 46.7 Å². The van der Waals surface area contributed by atoms with Gasteiger partial charge in [-0.15, -0.1) is 0 Å². The second-order valence-corrected chi connectivity index (χ2v) is 8.45. The molecule has 0 radical (unpaired) electrons. The summed E-state index contributed by atoms with van der Waals surface area (Å²) in [6.07, 6.45) is 1.83. The predicted molar refractivity (Wildman–Crippen MR) is 85.5 cm³/mol. The fourth-order valence-electron chi connectivity index (χ4n) is 2.61. The quantitative estimate of drug-likeness (QED) is 0.679. The molecule has 21 heavy (non-hydrogen) atoms. The van der Waals surface area contributed by atoms with Crippen LogP contribution in [-0.4, -0.2) is 68.5 Å². The van der Waals surface area contributed by atoms with Gasteiger partial charge in [-0.2, -0.15) is 17.0 Å². The SMILES string of the molecule is CCCNCCCN(C)S(=O)(=O)N1CC(C)OC(C)(C)C1. The Hall–Kier alpha value is -0.210. The molecule has 0 bridgehead atoms. The second kappa shape index (κ2) is 7.87. The Morgan fingerprint density at radius 2 is 2.05 bits per heavy atom. The summed E-state index contributed by atoms with van der Waals surface area (Å²) >= 11 is 0. The van der Waals surface area contributed by atoms with E-state index in [2.05, 4.69) is 12.2 Å². The van der Waals surface area contributed by atoms with E-state index in [1.807, 2.05) is 20.8 Å². The van der Waals surface area contributed by atoms with Gasteiger partial charge in [-0.25, -0.2) is 0 Å². The summed E-state index contributed by atoms with van der Waals surface area (Å²) in [4.78, 5) is 0.